The lowest BCUT2D eigenvalue weighted by atomic mass is 10.8. The second kappa shape index (κ2) is 11.0. The van der Waals surface area contributed by atoms with Gasteiger partial charge in [-0.05, 0) is 0 Å². The smallest absolute Gasteiger partial charge is 0.0759 e. The van der Waals surface area contributed by atoms with Crippen LogP contribution in [0.1, 0.15) is 0 Å². The van der Waals surface area contributed by atoms with Gasteiger partial charge in [0.05, 0.1) is 33.6 Å². The fourth-order valence-electron chi connectivity index (χ4n) is 1.43. The van der Waals surface area contributed by atoms with Crippen LogP contribution in [0.3, 0.4) is 0 Å². The monoisotopic (exact) mass is 330 g/mol. The molecule has 0 bridgehead atoms. The van der Waals surface area contributed by atoms with E-state index < -0.39 is 0 Å². The predicted molar refractivity (Wildman–Crippen MR) is 87.1 cm³/mol. The van der Waals surface area contributed by atoms with Crippen LogP contribution < -0.4 is 0 Å². The molecule has 2 atom stereocenters. The highest BCUT2D eigenvalue weighted by Gasteiger charge is 2.30. The van der Waals surface area contributed by atoms with Gasteiger partial charge in [0.25, 0.3) is 0 Å². The van der Waals surface area contributed by atoms with Gasteiger partial charge in [-0.3, -0.25) is 0 Å². The second-order valence-corrected chi connectivity index (χ2v) is 9.95. The fraction of sp³-hybridized carbons (Fsp3) is 1.00. The van der Waals surface area contributed by atoms with Crippen LogP contribution in [0, 0.1) is 0 Å². The topological polar surface area (TPSA) is 27.7 Å². The minimum Gasteiger partial charge on any atom is -0.384 e. The van der Waals surface area contributed by atoms with Crippen LogP contribution in [0.15, 0.2) is 0 Å². The Morgan fingerprint density at radius 3 is 1.89 bits per heavy atom. The number of hydrogen-bond acceptors (Lipinski definition) is 7. The van der Waals surface area contributed by atoms with Gasteiger partial charge in [-0.1, -0.05) is 0 Å². The molecule has 0 aliphatic carbocycles. The van der Waals surface area contributed by atoms with Gasteiger partial charge in [0.15, 0.2) is 0 Å². The molecule has 0 N–H and O–H groups in total. The standard InChI is InChI=1S/C11H22O3S4/c1-12-4-5-15-8-11-17-9(6-13-2)16-10(18-11)7-14-3/h9-11H,4-8H2,1-3H3. The molecule has 2 unspecified atom stereocenters. The normalized spacial score (nSPS) is 28.5. The van der Waals surface area contributed by atoms with E-state index in [1.54, 1.807) is 21.3 Å². The van der Waals surface area contributed by atoms with E-state index in [1.807, 2.05) is 47.0 Å². The quantitative estimate of drug-likeness (QED) is 0.600. The summed E-state index contributed by atoms with van der Waals surface area (Å²) < 4.78 is 17.3. The SMILES string of the molecule is COCCSCC1SC(COC)SC(COC)S1. The van der Waals surface area contributed by atoms with E-state index in [-0.39, 0.29) is 0 Å². The zero-order valence-electron chi connectivity index (χ0n) is 11.1. The average molecular weight is 331 g/mol. The van der Waals surface area contributed by atoms with Gasteiger partial charge in [0, 0.05) is 32.8 Å². The van der Waals surface area contributed by atoms with Gasteiger partial charge in [0.2, 0.25) is 0 Å². The lowest BCUT2D eigenvalue weighted by Gasteiger charge is -2.33. The van der Waals surface area contributed by atoms with Crippen molar-refractivity contribution in [3.05, 3.63) is 0 Å². The third kappa shape index (κ3) is 7.17. The summed E-state index contributed by atoms with van der Waals surface area (Å²) in [6.45, 7) is 2.47. The van der Waals surface area contributed by atoms with E-state index >= 15 is 0 Å². The number of thioether (sulfide) groups is 4. The molecule has 0 radical (unpaired) electrons. The summed E-state index contributed by atoms with van der Waals surface area (Å²) in [5.74, 6) is 2.24. The van der Waals surface area contributed by atoms with Gasteiger partial charge in [-0.2, -0.15) is 11.8 Å². The highest BCUT2D eigenvalue weighted by atomic mass is 32.3. The van der Waals surface area contributed by atoms with Crippen LogP contribution in [0.5, 0.6) is 0 Å². The molecule has 18 heavy (non-hydrogen) atoms. The van der Waals surface area contributed by atoms with Crippen molar-refractivity contribution in [1.29, 1.82) is 0 Å². The Kier molecular flexibility index (Phi) is 10.6. The molecule has 1 aliphatic rings. The molecule has 0 saturated carbocycles. The van der Waals surface area contributed by atoms with Crippen molar-refractivity contribution in [2.45, 2.75) is 13.7 Å². The minimum atomic E-state index is 0.532. The third-order valence-electron chi connectivity index (χ3n) is 2.20. The fourth-order valence-corrected chi connectivity index (χ4v) is 8.97. The molecule has 1 heterocycles. The van der Waals surface area contributed by atoms with E-state index in [4.69, 9.17) is 14.2 Å². The van der Waals surface area contributed by atoms with E-state index in [0.717, 1.165) is 25.6 Å². The summed E-state index contributed by atoms with van der Waals surface area (Å²) in [4.78, 5) is 0. The van der Waals surface area contributed by atoms with Gasteiger partial charge < -0.3 is 14.2 Å². The van der Waals surface area contributed by atoms with Crippen molar-refractivity contribution in [2.24, 2.45) is 0 Å². The van der Waals surface area contributed by atoms with Crippen molar-refractivity contribution in [1.82, 2.24) is 0 Å². The van der Waals surface area contributed by atoms with Gasteiger partial charge in [-0.25, -0.2) is 0 Å². The molecule has 0 aromatic rings. The first-order valence-electron chi connectivity index (χ1n) is 5.81. The third-order valence-corrected chi connectivity index (χ3v) is 8.35. The van der Waals surface area contributed by atoms with Crippen LogP contribution >= 0.6 is 47.0 Å². The second-order valence-electron chi connectivity index (χ2n) is 3.68. The van der Waals surface area contributed by atoms with E-state index in [0.29, 0.717) is 13.7 Å². The molecule has 1 aliphatic heterocycles. The number of hydrogen-bond donors (Lipinski definition) is 0. The molecule has 0 aromatic heterocycles. The lowest BCUT2D eigenvalue weighted by Crippen LogP contribution is -2.25. The minimum absolute atomic E-state index is 0.532. The van der Waals surface area contributed by atoms with Crippen molar-refractivity contribution in [3.63, 3.8) is 0 Å². The van der Waals surface area contributed by atoms with Crippen LogP contribution in [0.4, 0.5) is 0 Å². The van der Waals surface area contributed by atoms with Gasteiger partial charge >= 0.3 is 0 Å². The molecule has 7 heteroatoms. The zero-order valence-corrected chi connectivity index (χ0v) is 14.4. The maximum absolute atomic E-state index is 5.28. The Labute approximate surface area is 127 Å². The molecule has 0 amide bonds. The largest absolute Gasteiger partial charge is 0.384 e. The molecule has 1 saturated heterocycles. The Morgan fingerprint density at radius 1 is 0.833 bits per heavy atom. The summed E-state index contributed by atoms with van der Waals surface area (Å²) in [6.07, 6.45) is 0. The first-order valence-corrected chi connectivity index (χ1v) is 9.79. The molecule has 1 rings (SSSR count). The van der Waals surface area contributed by atoms with E-state index in [1.165, 1.54) is 5.75 Å². The summed E-state index contributed by atoms with van der Waals surface area (Å²) >= 11 is 7.99. The molecular weight excluding hydrogens is 308 g/mol. The Bertz CT molecular complexity index is 195. The zero-order chi connectivity index (χ0) is 13.2. The Balaban J connectivity index is 2.30. The van der Waals surface area contributed by atoms with E-state index in [2.05, 4.69) is 0 Å². The number of ether oxygens (including phenoxy) is 3. The Hall–Kier alpha value is 1.28. The summed E-state index contributed by atoms with van der Waals surface area (Å²) in [5.41, 5.74) is 0. The van der Waals surface area contributed by atoms with Crippen LogP contribution in [0.2, 0.25) is 0 Å². The first kappa shape index (κ1) is 17.3. The van der Waals surface area contributed by atoms with Crippen molar-refractivity contribution in [2.75, 3.05) is 52.7 Å². The van der Waals surface area contributed by atoms with Gasteiger partial charge in [-0.15, -0.1) is 35.3 Å². The van der Waals surface area contributed by atoms with Crippen LogP contribution in [-0.2, 0) is 14.2 Å². The average Bonchev–Trinajstić information content (AvgIpc) is 2.35. The number of rotatable bonds is 9. The lowest BCUT2D eigenvalue weighted by molar-refractivity contribution is 0.209. The molecule has 3 nitrogen and oxygen atoms in total. The maximum atomic E-state index is 5.28. The Morgan fingerprint density at radius 2 is 1.39 bits per heavy atom. The van der Waals surface area contributed by atoms with Gasteiger partial charge in [0.1, 0.15) is 0 Å². The highest BCUT2D eigenvalue weighted by molar-refractivity contribution is 8.34. The highest BCUT2D eigenvalue weighted by Crippen LogP contribution is 2.48. The summed E-state index contributed by atoms with van der Waals surface area (Å²) in [6, 6.07) is 0. The summed E-state index contributed by atoms with van der Waals surface area (Å²) in [5, 5.41) is 0. The molecule has 0 spiro atoms. The van der Waals surface area contributed by atoms with Crippen molar-refractivity contribution in [3.8, 4) is 0 Å². The maximum Gasteiger partial charge on any atom is 0.0759 e. The first-order chi connectivity index (χ1) is 8.80. The van der Waals surface area contributed by atoms with Crippen molar-refractivity contribution < 1.29 is 14.2 Å². The predicted octanol–water partition coefficient (Wildman–Crippen LogP) is 2.85. The number of methoxy groups -OCH3 is 3. The van der Waals surface area contributed by atoms with Crippen LogP contribution in [0.25, 0.3) is 0 Å². The van der Waals surface area contributed by atoms with E-state index in [9.17, 15) is 0 Å². The molecule has 1 fully saturated rings. The summed E-state index contributed by atoms with van der Waals surface area (Å²) in [7, 11) is 5.30. The van der Waals surface area contributed by atoms with Crippen molar-refractivity contribution >= 4 is 47.0 Å². The molecule has 108 valence electrons. The molecule has 0 aromatic carbocycles. The van der Waals surface area contributed by atoms with Crippen LogP contribution in [-0.4, -0.2) is 66.4 Å². The molecular formula is C11H22O3S4.